The van der Waals surface area contributed by atoms with E-state index in [4.69, 9.17) is 14.2 Å². The maximum atomic E-state index is 13.1. The van der Waals surface area contributed by atoms with Gasteiger partial charge in [0.1, 0.15) is 18.5 Å². The second kappa shape index (κ2) is 9.74. The van der Waals surface area contributed by atoms with Crippen LogP contribution in [0, 0.1) is 5.82 Å². The minimum Gasteiger partial charge on any atom is -0.475 e. The Morgan fingerprint density at radius 3 is 2.61 bits per heavy atom. The molecule has 31 heavy (non-hydrogen) atoms. The van der Waals surface area contributed by atoms with Gasteiger partial charge >= 0.3 is 6.09 Å². The number of cyclic esters (lactones) is 1. The summed E-state index contributed by atoms with van der Waals surface area (Å²) in [5.41, 5.74) is 0.661. The molecule has 9 heteroatoms. The summed E-state index contributed by atoms with van der Waals surface area (Å²) < 4.78 is 29.4. The number of carbonyl (C=O) groups excluding carboxylic acids is 2. The van der Waals surface area contributed by atoms with Crippen LogP contribution in [-0.4, -0.2) is 55.0 Å². The number of anilines is 1. The van der Waals surface area contributed by atoms with Gasteiger partial charge < -0.3 is 19.5 Å². The van der Waals surface area contributed by atoms with E-state index in [2.05, 4.69) is 10.3 Å². The first-order valence-corrected chi connectivity index (χ1v) is 9.96. The van der Waals surface area contributed by atoms with Crippen LogP contribution in [0.5, 0.6) is 5.88 Å². The van der Waals surface area contributed by atoms with Gasteiger partial charge in [0, 0.05) is 18.0 Å². The Balaban J connectivity index is 1.44. The monoisotopic (exact) mass is 431 g/mol. The standard InChI is InChI=1S/C22H26FN3O5/c1-22(2,3)30-11-10-29-19-9-4-15(12-24-19)20(27)25-13-18-14-26(21(28)31-18)17-7-5-16(23)6-8-17/h4-9,12,18H,10-11,13-14H2,1-3H3,(H,25,27). The number of benzene rings is 1. The van der Waals surface area contributed by atoms with Crippen molar-refractivity contribution in [3.63, 3.8) is 0 Å². The molecule has 1 aromatic heterocycles. The minimum atomic E-state index is -0.538. The van der Waals surface area contributed by atoms with E-state index in [1.54, 1.807) is 12.1 Å². The number of halogens is 1. The maximum Gasteiger partial charge on any atom is 0.414 e. The summed E-state index contributed by atoms with van der Waals surface area (Å²) in [6, 6.07) is 8.77. The van der Waals surface area contributed by atoms with E-state index < -0.39 is 12.2 Å². The first kappa shape index (κ1) is 22.5. The fourth-order valence-electron chi connectivity index (χ4n) is 2.86. The second-order valence-corrected chi connectivity index (χ2v) is 8.00. The molecule has 0 radical (unpaired) electrons. The number of rotatable bonds is 8. The van der Waals surface area contributed by atoms with Crippen LogP contribution in [0.25, 0.3) is 0 Å². The zero-order valence-corrected chi connectivity index (χ0v) is 17.8. The summed E-state index contributed by atoms with van der Waals surface area (Å²) in [4.78, 5) is 29.9. The van der Waals surface area contributed by atoms with E-state index in [1.807, 2.05) is 20.8 Å². The van der Waals surface area contributed by atoms with E-state index in [-0.39, 0.29) is 30.4 Å². The van der Waals surface area contributed by atoms with Crippen molar-refractivity contribution in [2.75, 3.05) is 31.2 Å². The van der Waals surface area contributed by atoms with E-state index in [0.717, 1.165) is 0 Å². The number of nitrogens with one attached hydrogen (secondary N) is 1. The van der Waals surface area contributed by atoms with Crippen LogP contribution in [0.2, 0.25) is 0 Å². The van der Waals surface area contributed by atoms with Crippen LogP contribution < -0.4 is 15.0 Å². The number of carbonyl (C=O) groups is 2. The summed E-state index contributed by atoms with van der Waals surface area (Å²) in [7, 11) is 0. The van der Waals surface area contributed by atoms with Crippen molar-refractivity contribution in [3.05, 3.63) is 54.0 Å². The molecule has 1 saturated heterocycles. The Morgan fingerprint density at radius 1 is 1.23 bits per heavy atom. The van der Waals surface area contributed by atoms with Crippen molar-refractivity contribution in [1.29, 1.82) is 0 Å². The van der Waals surface area contributed by atoms with Gasteiger partial charge in [-0.05, 0) is 51.1 Å². The van der Waals surface area contributed by atoms with Crippen LogP contribution in [0.1, 0.15) is 31.1 Å². The van der Waals surface area contributed by atoms with Crippen molar-refractivity contribution < 1.29 is 28.2 Å². The van der Waals surface area contributed by atoms with Crippen LogP contribution in [0.4, 0.5) is 14.9 Å². The molecule has 2 amide bonds. The molecule has 1 unspecified atom stereocenters. The molecule has 1 atom stereocenters. The van der Waals surface area contributed by atoms with Crippen molar-refractivity contribution in [2.45, 2.75) is 32.5 Å². The second-order valence-electron chi connectivity index (χ2n) is 8.00. The third-order valence-corrected chi connectivity index (χ3v) is 4.37. The molecule has 0 spiro atoms. The lowest BCUT2D eigenvalue weighted by atomic mass is 10.2. The van der Waals surface area contributed by atoms with Gasteiger partial charge in [0.25, 0.3) is 5.91 Å². The lowest BCUT2D eigenvalue weighted by molar-refractivity contribution is -0.0168. The minimum absolute atomic E-state index is 0.144. The highest BCUT2D eigenvalue weighted by molar-refractivity contribution is 5.94. The number of amides is 2. The molecule has 1 aromatic carbocycles. The third-order valence-electron chi connectivity index (χ3n) is 4.37. The fourth-order valence-corrected chi connectivity index (χ4v) is 2.86. The number of nitrogens with zero attached hydrogens (tertiary/aromatic N) is 2. The summed E-state index contributed by atoms with van der Waals surface area (Å²) in [5.74, 6) is -0.330. The predicted molar refractivity (Wildman–Crippen MR) is 112 cm³/mol. The Hall–Kier alpha value is -3.20. The van der Waals surface area contributed by atoms with E-state index in [9.17, 15) is 14.0 Å². The highest BCUT2D eigenvalue weighted by atomic mass is 19.1. The van der Waals surface area contributed by atoms with Crippen molar-refractivity contribution in [2.24, 2.45) is 0 Å². The molecule has 1 N–H and O–H groups in total. The first-order chi connectivity index (χ1) is 14.7. The van der Waals surface area contributed by atoms with Gasteiger partial charge in [0.2, 0.25) is 5.88 Å². The van der Waals surface area contributed by atoms with Crippen molar-refractivity contribution >= 4 is 17.7 Å². The molecule has 2 aromatic rings. The highest BCUT2D eigenvalue weighted by Crippen LogP contribution is 2.21. The first-order valence-electron chi connectivity index (χ1n) is 9.96. The van der Waals surface area contributed by atoms with Crippen molar-refractivity contribution in [3.8, 4) is 5.88 Å². The largest absolute Gasteiger partial charge is 0.475 e. The molecular weight excluding hydrogens is 405 g/mol. The summed E-state index contributed by atoms with van der Waals surface area (Å²) in [6.07, 6.45) is 0.366. The quantitative estimate of drug-likeness (QED) is 0.646. The molecule has 0 saturated carbocycles. The molecule has 166 valence electrons. The molecule has 8 nitrogen and oxygen atoms in total. The number of pyridine rings is 1. The van der Waals surface area contributed by atoms with Gasteiger partial charge in [-0.15, -0.1) is 0 Å². The van der Waals surface area contributed by atoms with E-state index >= 15 is 0 Å². The average molecular weight is 431 g/mol. The number of hydrogen-bond acceptors (Lipinski definition) is 6. The molecule has 1 aliphatic heterocycles. The number of ether oxygens (including phenoxy) is 3. The normalized spacial score (nSPS) is 16.2. The third kappa shape index (κ3) is 6.65. The van der Waals surface area contributed by atoms with Gasteiger partial charge in [-0.1, -0.05) is 0 Å². The number of aromatic nitrogens is 1. The van der Waals surface area contributed by atoms with Gasteiger partial charge in [0.15, 0.2) is 0 Å². The topological polar surface area (TPSA) is 90.0 Å². The van der Waals surface area contributed by atoms with Gasteiger partial charge in [-0.2, -0.15) is 0 Å². The molecule has 0 aliphatic carbocycles. The van der Waals surface area contributed by atoms with Crippen LogP contribution >= 0.6 is 0 Å². The van der Waals surface area contributed by atoms with Crippen LogP contribution in [0.15, 0.2) is 42.6 Å². The predicted octanol–water partition coefficient (Wildman–Crippen LogP) is 3.17. The Morgan fingerprint density at radius 2 is 1.97 bits per heavy atom. The average Bonchev–Trinajstić information content (AvgIpc) is 3.10. The zero-order valence-electron chi connectivity index (χ0n) is 17.8. The fraction of sp³-hybridized carbons (Fsp3) is 0.409. The molecule has 3 rings (SSSR count). The summed E-state index contributed by atoms with van der Waals surface area (Å²) in [6.45, 7) is 7.08. The van der Waals surface area contributed by atoms with Gasteiger partial charge in [-0.25, -0.2) is 14.2 Å². The zero-order chi connectivity index (χ0) is 22.4. The molecular formula is C22H26FN3O5. The highest BCUT2D eigenvalue weighted by Gasteiger charge is 2.32. The lowest BCUT2D eigenvalue weighted by Crippen LogP contribution is -2.34. The maximum absolute atomic E-state index is 13.1. The van der Waals surface area contributed by atoms with E-state index in [1.165, 1.54) is 35.4 Å². The number of hydrogen-bond donors (Lipinski definition) is 1. The Labute approximate surface area is 180 Å². The van der Waals surface area contributed by atoms with E-state index in [0.29, 0.717) is 30.3 Å². The summed E-state index contributed by atoms with van der Waals surface area (Å²) >= 11 is 0. The van der Waals surface area contributed by atoms with Crippen molar-refractivity contribution in [1.82, 2.24) is 10.3 Å². The molecule has 1 fully saturated rings. The molecule has 2 heterocycles. The molecule has 0 bridgehead atoms. The summed E-state index contributed by atoms with van der Waals surface area (Å²) in [5, 5.41) is 2.73. The van der Waals surface area contributed by atoms with Crippen LogP contribution in [-0.2, 0) is 9.47 Å². The van der Waals surface area contributed by atoms with Gasteiger partial charge in [0.05, 0.1) is 30.9 Å². The van der Waals surface area contributed by atoms with Crippen LogP contribution in [0.3, 0.4) is 0 Å². The smallest absolute Gasteiger partial charge is 0.414 e. The van der Waals surface area contributed by atoms with Gasteiger partial charge in [-0.3, -0.25) is 9.69 Å². The molecule has 1 aliphatic rings. The lowest BCUT2D eigenvalue weighted by Gasteiger charge is -2.19. The Bertz CT molecular complexity index is 897. The SMILES string of the molecule is CC(C)(C)OCCOc1ccc(C(=O)NCC2CN(c3ccc(F)cc3)C(=O)O2)cn1. The Kier molecular flexibility index (Phi) is 7.06.